The van der Waals surface area contributed by atoms with Gasteiger partial charge in [0.15, 0.2) is 0 Å². The SMILES string of the molecule is Cc1ccc([C@@H]2[C@H]3c4ccccc4[C@H]4C[C@@H]5OC(=O)[C@@]4(Br)[C@H]3C5=C[C@H]2c2ccccc2)cc1. The van der Waals surface area contributed by atoms with E-state index in [0.717, 1.165) is 6.42 Å². The summed E-state index contributed by atoms with van der Waals surface area (Å²) >= 11 is 4.04. The number of allylic oxidation sites excluding steroid dienone is 1. The van der Waals surface area contributed by atoms with Gasteiger partial charge in [-0.15, -0.1) is 0 Å². The molecule has 5 aliphatic rings. The third-order valence-electron chi connectivity index (χ3n) is 8.58. The smallest absolute Gasteiger partial charge is 0.324 e. The molecule has 33 heavy (non-hydrogen) atoms. The quantitative estimate of drug-likeness (QED) is 0.222. The minimum atomic E-state index is -0.683. The van der Waals surface area contributed by atoms with Crippen molar-refractivity contribution in [2.75, 3.05) is 0 Å². The first-order valence-electron chi connectivity index (χ1n) is 11.9. The number of hydrogen-bond donors (Lipinski definition) is 0. The minimum Gasteiger partial charge on any atom is -0.457 e. The lowest BCUT2D eigenvalue weighted by atomic mass is 9.47. The number of aryl methyl sites for hydroxylation is 1. The first-order chi connectivity index (χ1) is 16.1. The lowest BCUT2D eigenvalue weighted by Gasteiger charge is -2.62. The van der Waals surface area contributed by atoms with E-state index in [1.165, 1.54) is 33.4 Å². The van der Waals surface area contributed by atoms with Crippen molar-refractivity contribution in [2.24, 2.45) is 5.92 Å². The van der Waals surface area contributed by atoms with E-state index in [2.05, 4.69) is 108 Å². The maximum atomic E-state index is 13.4. The molecular weight excluding hydrogens is 472 g/mol. The Balaban J connectivity index is 1.54. The van der Waals surface area contributed by atoms with Crippen LogP contribution in [-0.4, -0.2) is 16.4 Å². The Morgan fingerprint density at radius 2 is 1.55 bits per heavy atom. The number of ether oxygens (including phenoxy) is 1. The van der Waals surface area contributed by atoms with Gasteiger partial charge in [0.25, 0.3) is 0 Å². The molecule has 0 unspecified atom stereocenters. The summed E-state index contributed by atoms with van der Waals surface area (Å²) in [4.78, 5) is 13.4. The monoisotopic (exact) mass is 496 g/mol. The van der Waals surface area contributed by atoms with Crippen LogP contribution in [0.25, 0.3) is 0 Å². The van der Waals surface area contributed by atoms with Gasteiger partial charge in [0.05, 0.1) is 0 Å². The predicted octanol–water partition coefficient (Wildman–Crippen LogP) is 6.76. The van der Waals surface area contributed by atoms with Crippen molar-refractivity contribution in [1.82, 2.24) is 0 Å². The number of halogens is 1. The van der Waals surface area contributed by atoms with Crippen LogP contribution in [0.15, 0.2) is 90.5 Å². The molecule has 3 fully saturated rings. The molecule has 7 atom stereocenters. The highest BCUT2D eigenvalue weighted by Gasteiger charge is 2.69. The Morgan fingerprint density at radius 1 is 0.848 bits per heavy atom. The number of alkyl halides is 1. The van der Waals surface area contributed by atoms with Crippen LogP contribution in [0.1, 0.15) is 57.9 Å². The topological polar surface area (TPSA) is 26.3 Å². The van der Waals surface area contributed by atoms with Gasteiger partial charge in [-0.2, -0.15) is 0 Å². The number of carbonyl (C=O) groups excluding carboxylic acids is 1. The summed E-state index contributed by atoms with van der Waals surface area (Å²) in [5, 5.41) is 0. The normalized spacial score (nSPS) is 35.5. The van der Waals surface area contributed by atoms with E-state index in [-0.39, 0.29) is 41.7 Å². The van der Waals surface area contributed by atoms with E-state index in [1.54, 1.807) is 0 Å². The lowest BCUT2D eigenvalue weighted by molar-refractivity contribution is -0.166. The van der Waals surface area contributed by atoms with E-state index in [0.29, 0.717) is 0 Å². The molecule has 3 aromatic rings. The standard InChI is InChI=1S/C30H25BrO2/c1-17-11-13-19(14-12-17)26-22(18-7-3-2-4-8-18)15-23-25-16-24-20-9-5-6-10-21(20)27(26)28(23)30(24,31)29(32)33-25/h2-15,22,24-28H,16H2,1H3/t22-,24+,25-,26-,27+,28-,30-/m0/s1. The van der Waals surface area contributed by atoms with Crippen LogP contribution in [0.4, 0.5) is 0 Å². The number of fused-ring (bicyclic) bond motifs is 3. The highest BCUT2D eigenvalue weighted by atomic mass is 79.9. The van der Waals surface area contributed by atoms with Crippen LogP contribution < -0.4 is 0 Å². The van der Waals surface area contributed by atoms with Gasteiger partial charge in [-0.1, -0.05) is 106 Å². The zero-order valence-electron chi connectivity index (χ0n) is 18.4. The van der Waals surface area contributed by atoms with Crippen molar-refractivity contribution in [3.63, 3.8) is 0 Å². The molecule has 0 amide bonds. The van der Waals surface area contributed by atoms with E-state index in [9.17, 15) is 4.79 Å². The van der Waals surface area contributed by atoms with E-state index in [4.69, 9.17) is 4.74 Å². The second-order valence-electron chi connectivity index (χ2n) is 10.1. The minimum absolute atomic E-state index is 0.0776. The molecule has 0 spiro atoms. The number of esters is 1. The predicted molar refractivity (Wildman–Crippen MR) is 133 cm³/mol. The largest absolute Gasteiger partial charge is 0.457 e. The van der Waals surface area contributed by atoms with Gasteiger partial charge in [0, 0.05) is 29.6 Å². The number of rotatable bonds is 2. The van der Waals surface area contributed by atoms with Crippen molar-refractivity contribution in [2.45, 2.75) is 47.4 Å². The third kappa shape index (κ3) is 2.57. The van der Waals surface area contributed by atoms with Gasteiger partial charge in [0.2, 0.25) is 0 Å². The Hall–Kier alpha value is -2.65. The molecule has 2 aliphatic heterocycles. The second-order valence-corrected chi connectivity index (χ2v) is 11.4. The van der Waals surface area contributed by atoms with Crippen LogP contribution in [-0.2, 0) is 9.53 Å². The van der Waals surface area contributed by atoms with Crippen molar-refractivity contribution < 1.29 is 9.53 Å². The Labute approximate surface area is 202 Å². The molecule has 2 nitrogen and oxygen atoms in total. The lowest BCUT2D eigenvalue weighted by Crippen LogP contribution is -2.64. The fourth-order valence-electron chi connectivity index (χ4n) is 7.25. The van der Waals surface area contributed by atoms with Crippen LogP contribution in [0, 0.1) is 12.8 Å². The molecule has 0 radical (unpaired) electrons. The molecule has 164 valence electrons. The first-order valence-corrected chi connectivity index (χ1v) is 12.7. The highest BCUT2D eigenvalue weighted by molar-refractivity contribution is 9.10. The summed E-state index contributed by atoms with van der Waals surface area (Å²) in [5.41, 5.74) is 7.98. The summed E-state index contributed by atoms with van der Waals surface area (Å²) < 4.78 is 5.33. The summed E-state index contributed by atoms with van der Waals surface area (Å²) in [5.74, 6) is 0.870. The molecule has 8 rings (SSSR count). The molecule has 3 heteroatoms. The van der Waals surface area contributed by atoms with Crippen LogP contribution in [0.5, 0.6) is 0 Å². The summed E-state index contributed by atoms with van der Waals surface area (Å²) in [6.07, 6.45) is 3.20. The Morgan fingerprint density at radius 3 is 2.30 bits per heavy atom. The fourth-order valence-corrected chi connectivity index (χ4v) is 8.32. The van der Waals surface area contributed by atoms with E-state index in [1.807, 2.05) is 0 Å². The number of carbonyl (C=O) groups is 1. The van der Waals surface area contributed by atoms with Crippen molar-refractivity contribution in [3.8, 4) is 0 Å². The van der Waals surface area contributed by atoms with Crippen LogP contribution in [0.3, 0.4) is 0 Å². The molecule has 1 saturated carbocycles. The zero-order valence-corrected chi connectivity index (χ0v) is 20.0. The van der Waals surface area contributed by atoms with E-state index >= 15 is 0 Å². The average Bonchev–Trinajstić information content (AvgIpc) is 2.85. The van der Waals surface area contributed by atoms with Crippen molar-refractivity contribution in [3.05, 3.63) is 118 Å². The highest BCUT2D eigenvalue weighted by Crippen LogP contribution is 2.70. The molecule has 0 N–H and O–H groups in total. The van der Waals surface area contributed by atoms with Crippen LogP contribution in [0.2, 0.25) is 0 Å². The average molecular weight is 497 g/mol. The Kier molecular flexibility index (Phi) is 4.15. The maximum absolute atomic E-state index is 13.4. The maximum Gasteiger partial charge on any atom is 0.324 e. The summed E-state index contributed by atoms with van der Waals surface area (Å²) in [6, 6.07) is 28.7. The summed E-state index contributed by atoms with van der Waals surface area (Å²) in [7, 11) is 0. The molecule has 3 aliphatic carbocycles. The molecular formula is C30H25BrO2. The molecule has 4 bridgehead atoms. The zero-order chi connectivity index (χ0) is 22.3. The van der Waals surface area contributed by atoms with Crippen molar-refractivity contribution in [1.29, 1.82) is 0 Å². The number of benzene rings is 3. The van der Waals surface area contributed by atoms with E-state index < -0.39 is 4.32 Å². The van der Waals surface area contributed by atoms with Gasteiger partial charge in [-0.05, 0) is 41.2 Å². The van der Waals surface area contributed by atoms with Gasteiger partial charge >= 0.3 is 5.97 Å². The van der Waals surface area contributed by atoms with Crippen molar-refractivity contribution >= 4 is 21.9 Å². The number of hydrogen-bond acceptors (Lipinski definition) is 2. The molecule has 2 saturated heterocycles. The van der Waals surface area contributed by atoms with Gasteiger partial charge in [-0.25, -0.2) is 0 Å². The molecule has 2 heterocycles. The van der Waals surface area contributed by atoms with Gasteiger partial charge < -0.3 is 4.74 Å². The Bertz CT molecular complexity index is 1290. The van der Waals surface area contributed by atoms with Gasteiger partial charge in [0.1, 0.15) is 10.4 Å². The van der Waals surface area contributed by atoms with Gasteiger partial charge in [-0.3, -0.25) is 4.79 Å². The molecule has 3 aromatic carbocycles. The van der Waals surface area contributed by atoms with Crippen LogP contribution >= 0.6 is 15.9 Å². The summed E-state index contributed by atoms with van der Waals surface area (Å²) in [6.45, 7) is 2.14. The fraction of sp³-hybridized carbons (Fsp3) is 0.300. The first kappa shape index (κ1) is 19.8. The molecule has 0 aromatic heterocycles. The second kappa shape index (κ2) is 6.93. The third-order valence-corrected chi connectivity index (χ3v) is 9.95.